The van der Waals surface area contributed by atoms with Crippen molar-refractivity contribution < 1.29 is 13.2 Å². The van der Waals surface area contributed by atoms with Gasteiger partial charge in [0.1, 0.15) is 9.84 Å². The van der Waals surface area contributed by atoms with Gasteiger partial charge in [0.15, 0.2) is 0 Å². The largest absolute Gasteiger partial charge is 0.320 e. The van der Waals surface area contributed by atoms with Crippen LogP contribution in [0.4, 0.5) is 5.69 Å². The number of carbonyl (C=O) groups is 1. The Morgan fingerprint density at radius 2 is 1.92 bits per heavy atom. The zero-order chi connectivity index (χ0) is 16.7. The summed E-state index contributed by atoms with van der Waals surface area (Å²) in [6.07, 6.45) is 5.93. The molecule has 1 aliphatic carbocycles. The Hall–Kier alpha value is -1.11. The average molecular weight is 373 g/mol. The van der Waals surface area contributed by atoms with Crippen molar-refractivity contribution in [3.63, 3.8) is 0 Å². The predicted molar refractivity (Wildman–Crippen MR) is 98.5 cm³/mol. The van der Waals surface area contributed by atoms with Crippen molar-refractivity contribution in [1.82, 2.24) is 0 Å². The number of rotatable bonds is 4. The first kappa shape index (κ1) is 19.2. The van der Waals surface area contributed by atoms with Crippen LogP contribution in [0.15, 0.2) is 24.3 Å². The third kappa shape index (κ3) is 3.60. The molecule has 1 amide bonds. The molecule has 5 nitrogen and oxygen atoms in total. The Morgan fingerprint density at radius 3 is 2.54 bits per heavy atom. The van der Waals surface area contributed by atoms with Crippen LogP contribution >= 0.6 is 12.4 Å². The number of para-hydroxylation sites is 1. The van der Waals surface area contributed by atoms with Gasteiger partial charge in [0.2, 0.25) is 5.91 Å². The molecule has 1 aliphatic heterocycles. The standard InChI is InChI=1S/C17H24N2O3S.ClH/c1-23(21,22)11-8-14(18)16(20)19-12-17(9-4-5-10-17)13-6-2-3-7-15(13)19;/h2-3,6-7,14H,4-5,8-12,18H2,1H3;1H. The highest BCUT2D eigenvalue weighted by molar-refractivity contribution is 7.90. The molecule has 134 valence electrons. The second-order valence-corrected chi connectivity index (χ2v) is 9.21. The number of hydrogen-bond donors (Lipinski definition) is 1. The van der Waals surface area contributed by atoms with Crippen molar-refractivity contribution >= 4 is 33.8 Å². The van der Waals surface area contributed by atoms with Crippen LogP contribution in [0.2, 0.25) is 0 Å². The second kappa shape index (κ2) is 7.02. The van der Waals surface area contributed by atoms with Crippen LogP contribution in [-0.2, 0) is 20.0 Å². The van der Waals surface area contributed by atoms with Gasteiger partial charge in [-0.05, 0) is 30.9 Å². The van der Waals surface area contributed by atoms with Crippen molar-refractivity contribution in [3.8, 4) is 0 Å². The molecule has 0 bridgehead atoms. The van der Waals surface area contributed by atoms with Crippen molar-refractivity contribution in [2.24, 2.45) is 5.73 Å². The third-order valence-electron chi connectivity index (χ3n) is 5.17. The molecule has 24 heavy (non-hydrogen) atoms. The van der Waals surface area contributed by atoms with Crippen LogP contribution in [-0.4, -0.2) is 38.9 Å². The number of nitrogens with two attached hydrogens (primary N) is 1. The molecule has 7 heteroatoms. The highest BCUT2D eigenvalue weighted by Gasteiger charge is 2.46. The topological polar surface area (TPSA) is 80.5 Å². The molecule has 0 aromatic heterocycles. The Kier molecular flexibility index (Phi) is 5.62. The first-order chi connectivity index (χ1) is 10.8. The maximum atomic E-state index is 12.8. The Balaban J connectivity index is 0.00000208. The number of benzene rings is 1. The molecule has 1 aromatic carbocycles. The summed E-state index contributed by atoms with van der Waals surface area (Å²) >= 11 is 0. The lowest BCUT2D eigenvalue weighted by Gasteiger charge is -2.26. The molecule has 1 saturated carbocycles. The van der Waals surface area contributed by atoms with Crippen molar-refractivity contribution in [2.75, 3.05) is 23.5 Å². The first-order valence-corrected chi connectivity index (χ1v) is 10.2. The van der Waals surface area contributed by atoms with Gasteiger partial charge >= 0.3 is 0 Å². The first-order valence-electron chi connectivity index (χ1n) is 8.17. The fraction of sp³-hybridized carbons (Fsp3) is 0.588. The van der Waals surface area contributed by atoms with E-state index in [1.807, 2.05) is 18.2 Å². The van der Waals surface area contributed by atoms with Crippen molar-refractivity contribution in [2.45, 2.75) is 43.6 Å². The van der Waals surface area contributed by atoms with Crippen LogP contribution in [0.5, 0.6) is 0 Å². The number of carbonyl (C=O) groups excluding carboxylic acids is 1. The molecule has 0 saturated heterocycles. The van der Waals surface area contributed by atoms with Crippen LogP contribution in [0.25, 0.3) is 0 Å². The van der Waals surface area contributed by atoms with E-state index in [0.29, 0.717) is 6.54 Å². The van der Waals surface area contributed by atoms with Gasteiger partial charge in [-0.3, -0.25) is 4.79 Å². The molecule has 1 spiro atoms. The van der Waals surface area contributed by atoms with E-state index in [1.165, 1.54) is 24.7 Å². The Bertz CT molecular complexity index is 714. The monoisotopic (exact) mass is 372 g/mol. The second-order valence-electron chi connectivity index (χ2n) is 6.95. The van der Waals surface area contributed by atoms with Gasteiger partial charge in [0, 0.05) is 23.9 Å². The van der Waals surface area contributed by atoms with Gasteiger partial charge in [-0.2, -0.15) is 0 Å². The van der Waals surface area contributed by atoms with E-state index in [4.69, 9.17) is 5.73 Å². The maximum Gasteiger partial charge on any atom is 0.243 e. The fourth-order valence-electron chi connectivity index (χ4n) is 3.97. The van der Waals surface area contributed by atoms with Crippen LogP contribution in [0.3, 0.4) is 0 Å². The van der Waals surface area contributed by atoms with Gasteiger partial charge in [0.25, 0.3) is 0 Å². The number of hydrogen-bond acceptors (Lipinski definition) is 4. The number of anilines is 1. The van der Waals surface area contributed by atoms with Crippen LogP contribution in [0.1, 0.15) is 37.7 Å². The lowest BCUT2D eigenvalue weighted by Crippen LogP contribution is -2.46. The normalized spacial score (nSPS) is 19.8. The van der Waals surface area contributed by atoms with E-state index in [1.54, 1.807) is 4.90 Å². The summed E-state index contributed by atoms with van der Waals surface area (Å²) in [4.78, 5) is 14.6. The van der Waals surface area contributed by atoms with E-state index in [0.717, 1.165) is 18.5 Å². The van der Waals surface area contributed by atoms with Crippen LogP contribution in [0, 0.1) is 0 Å². The highest BCUT2D eigenvalue weighted by atomic mass is 35.5. The smallest absolute Gasteiger partial charge is 0.243 e. The summed E-state index contributed by atoms with van der Waals surface area (Å²) < 4.78 is 22.6. The number of sulfone groups is 1. The zero-order valence-corrected chi connectivity index (χ0v) is 15.5. The van der Waals surface area contributed by atoms with Gasteiger partial charge in [-0.25, -0.2) is 8.42 Å². The number of fused-ring (bicyclic) bond motifs is 2. The summed E-state index contributed by atoms with van der Waals surface area (Å²) in [6, 6.07) is 7.29. The molecule has 2 N–H and O–H groups in total. The van der Waals surface area contributed by atoms with E-state index < -0.39 is 15.9 Å². The van der Waals surface area contributed by atoms with Crippen molar-refractivity contribution in [3.05, 3.63) is 29.8 Å². The molecule has 1 aromatic rings. The predicted octanol–water partition coefficient (Wildman–Crippen LogP) is 2.03. The Labute approximate surface area is 149 Å². The van der Waals surface area contributed by atoms with Gasteiger partial charge in [-0.1, -0.05) is 31.0 Å². The third-order valence-corrected chi connectivity index (χ3v) is 6.15. The van der Waals surface area contributed by atoms with Gasteiger partial charge in [0.05, 0.1) is 11.8 Å². The number of nitrogens with zero attached hydrogens (tertiary/aromatic N) is 1. The molecular weight excluding hydrogens is 348 g/mol. The molecule has 3 rings (SSSR count). The molecular formula is C17H25ClN2O3S. The quantitative estimate of drug-likeness (QED) is 0.876. The molecule has 1 unspecified atom stereocenters. The fourth-order valence-corrected chi connectivity index (χ4v) is 4.65. The maximum absolute atomic E-state index is 12.8. The summed E-state index contributed by atoms with van der Waals surface area (Å²) in [5.74, 6) is -0.217. The minimum Gasteiger partial charge on any atom is -0.320 e. The molecule has 1 heterocycles. The summed E-state index contributed by atoms with van der Waals surface area (Å²) in [7, 11) is -3.11. The summed E-state index contributed by atoms with van der Waals surface area (Å²) in [5, 5.41) is 0. The zero-order valence-electron chi connectivity index (χ0n) is 13.9. The SMILES string of the molecule is CS(=O)(=O)CCC(N)C(=O)N1CC2(CCCC2)c2ccccc21.Cl. The van der Waals surface area contributed by atoms with Gasteiger partial charge in [-0.15, -0.1) is 12.4 Å². The van der Waals surface area contributed by atoms with Crippen LogP contribution < -0.4 is 10.6 Å². The van der Waals surface area contributed by atoms with E-state index in [9.17, 15) is 13.2 Å². The van der Waals surface area contributed by atoms with Crippen molar-refractivity contribution in [1.29, 1.82) is 0 Å². The lowest BCUT2D eigenvalue weighted by atomic mass is 9.81. The number of amides is 1. The molecule has 2 aliphatic rings. The van der Waals surface area contributed by atoms with Gasteiger partial charge < -0.3 is 10.6 Å². The van der Waals surface area contributed by atoms with E-state index >= 15 is 0 Å². The number of halogens is 1. The highest BCUT2D eigenvalue weighted by Crippen LogP contribution is 2.50. The average Bonchev–Trinajstić information content (AvgIpc) is 3.10. The summed E-state index contributed by atoms with van der Waals surface area (Å²) in [5.41, 5.74) is 8.27. The molecule has 1 atom stereocenters. The minimum atomic E-state index is -3.11. The lowest BCUT2D eigenvalue weighted by molar-refractivity contribution is -0.119. The summed E-state index contributed by atoms with van der Waals surface area (Å²) in [6.45, 7) is 0.678. The molecule has 1 fully saturated rings. The van der Waals surface area contributed by atoms with E-state index in [2.05, 4.69) is 6.07 Å². The van der Waals surface area contributed by atoms with E-state index in [-0.39, 0.29) is 35.9 Å². The molecule has 0 radical (unpaired) electrons. The minimum absolute atomic E-state index is 0. The Morgan fingerprint density at radius 1 is 1.29 bits per heavy atom.